The van der Waals surface area contributed by atoms with Crippen molar-refractivity contribution in [2.45, 2.75) is 78.7 Å². The van der Waals surface area contributed by atoms with E-state index in [0.29, 0.717) is 16.9 Å². The fourth-order valence-corrected chi connectivity index (χ4v) is 2.29. The van der Waals surface area contributed by atoms with E-state index in [1.54, 1.807) is 6.92 Å². The molecule has 2 heterocycles. The van der Waals surface area contributed by atoms with Gasteiger partial charge >= 0.3 is 13.2 Å². The van der Waals surface area contributed by atoms with E-state index in [2.05, 4.69) is 10.5 Å². The van der Waals surface area contributed by atoms with Crippen LogP contribution in [0.15, 0.2) is 4.52 Å². The molecule has 1 N–H and O–H groups in total. The Morgan fingerprint density at radius 2 is 1.75 bits per heavy atom. The van der Waals surface area contributed by atoms with Crippen LogP contribution in [-0.2, 0) is 20.6 Å². The number of ether oxygens (including phenoxy) is 1. The van der Waals surface area contributed by atoms with Gasteiger partial charge < -0.3 is 23.9 Å². The first-order valence-electron chi connectivity index (χ1n) is 8.10. The summed E-state index contributed by atoms with van der Waals surface area (Å²) < 4.78 is 22.6. The van der Waals surface area contributed by atoms with Gasteiger partial charge in [-0.1, -0.05) is 5.16 Å². The maximum absolute atomic E-state index is 11.8. The maximum Gasteiger partial charge on any atom is 0.500 e. The molecule has 1 aliphatic heterocycles. The monoisotopic (exact) mass is 338 g/mol. The minimum atomic E-state index is -0.586. The van der Waals surface area contributed by atoms with Crippen LogP contribution < -0.4 is 10.8 Å². The minimum Gasteiger partial charge on any atom is -0.444 e. The predicted molar refractivity (Wildman–Crippen MR) is 90.0 cm³/mol. The summed E-state index contributed by atoms with van der Waals surface area (Å²) in [6.45, 7) is 15.3. The molecular formula is C16H27BN2O5. The van der Waals surface area contributed by atoms with Gasteiger partial charge in [-0.2, -0.15) is 0 Å². The molecule has 0 unspecified atom stereocenters. The van der Waals surface area contributed by atoms with Gasteiger partial charge in [-0.15, -0.1) is 0 Å². The van der Waals surface area contributed by atoms with Gasteiger partial charge in [0.1, 0.15) is 17.1 Å². The smallest absolute Gasteiger partial charge is 0.444 e. The number of aryl methyl sites for hydroxylation is 1. The van der Waals surface area contributed by atoms with Crippen molar-refractivity contribution in [1.82, 2.24) is 10.5 Å². The molecule has 1 amide bonds. The van der Waals surface area contributed by atoms with Gasteiger partial charge in [-0.05, 0) is 55.4 Å². The molecule has 134 valence electrons. The molecule has 1 aliphatic rings. The van der Waals surface area contributed by atoms with Crippen molar-refractivity contribution in [2.24, 2.45) is 0 Å². The van der Waals surface area contributed by atoms with Crippen LogP contribution in [0.1, 0.15) is 59.9 Å². The van der Waals surface area contributed by atoms with Crippen molar-refractivity contribution in [2.75, 3.05) is 0 Å². The third-order valence-corrected chi connectivity index (χ3v) is 4.27. The number of alkyl carbamates (subject to hydrolysis) is 1. The highest BCUT2D eigenvalue weighted by Crippen LogP contribution is 2.36. The average Bonchev–Trinajstić information content (AvgIpc) is 2.82. The Bertz CT molecular complexity index is 602. The Kier molecular flexibility index (Phi) is 4.76. The first-order chi connectivity index (χ1) is 10.8. The summed E-state index contributed by atoms with van der Waals surface area (Å²) in [5.74, 6) is 0.606. The van der Waals surface area contributed by atoms with Crippen LogP contribution in [0.4, 0.5) is 4.79 Å². The van der Waals surface area contributed by atoms with Crippen molar-refractivity contribution in [1.29, 1.82) is 0 Å². The van der Waals surface area contributed by atoms with Gasteiger partial charge in [0.2, 0.25) is 0 Å². The molecule has 0 bridgehead atoms. The molecule has 7 nitrogen and oxygen atoms in total. The Morgan fingerprint density at radius 1 is 1.21 bits per heavy atom. The molecule has 2 rings (SSSR count). The number of rotatable bonds is 3. The van der Waals surface area contributed by atoms with Crippen LogP contribution in [0.3, 0.4) is 0 Å². The fourth-order valence-electron chi connectivity index (χ4n) is 2.29. The number of carbonyl (C=O) groups excluding carboxylic acids is 1. The van der Waals surface area contributed by atoms with Crippen molar-refractivity contribution in [3.8, 4) is 0 Å². The molecule has 0 radical (unpaired) electrons. The normalized spacial score (nSPS) is 19.4. The van der Waals surface area contributed by atoms with Gasteiger partial charge in [0.15, 0.2) is 0 Å². The predicted octanol–water partition coefficient (Wildman–Crippen LogP) is 2.31. The second-order valence-corrected chi connectivity index (χ2v) is 8.04. The Balaban J connectivity index is 2.11. The Morgan fingerprint density at radius 3 is 2.25 bits per heavy atom. The lowest BCUT2D eigenvalue weighted by Crippen LogP contribution is -2.41. The quantitative estimate of drug-likeness (QED) is 0.852. The highest BCUT2D eigenvalue weighted by Gasteiger charge is 2.53. The number of carbonyl (C=O) groups is 1. The number of nitrogens with one attached hydrogen (secondary N) is 1. The van der Waals surface area contributed by atoms with Gasteiger partial charge in [-0.3, -0.25) is 0 Å². The zero-order valence-electron chi connectivity index (χ0n) is 15.8. The summed E-state index contributed by atoms with van der Waals surface area (Å²) in [7, 11) is -0.586. The van der Waals surface area contributed by atoms with Crippen molar-refractivity contribution in [3.05, 3.63) is 11.5 Å². The highest BCUT2D eigenvalue weighted by molar-refractivity contribution is 6.63. The third-order valence-electron chi connectivity index (χ3n) is 4.27. The number of nitrogens with zero attached hydrogens (tertiary/aromatic N) is 1. The zero-order chi connectivity index (χ0) is 18.3. The van der Waals surface area contributed by atoms with E-state index in [1.807, 2.05) is 48.5 Å². The minimum absolute atomic E-state index is 0.172. The molecule has 8 heteroatoms. The molecule has 1 fully saturated rings. The molecule has 0 atom stereocenters. The first-order valence-corrected chi connectivity index (χ1v) is 8.10. The Labute approximate surface area is 143 Å². The molecule has 24 heavy (non-hydrogen) atoms. The van der Waals surface area contributed by atoms with E-state index in [4.69, 9.17) is 18.6 Å². The van der Waals surface area contributed by atoms with Crippen LogP contribution >= 0.6 is 0 Å². The van der Waals surface area contributed by atoms with Gasteiger partial charge in [0.25, 0.3) is 0 Å². The van der Waals surface area contributed by atoms with E-state index in [9.17, 15) is 4.79 Å². The maximum atomic E-state index is 11.8. The van der Waals surface area contributed by atoms with Crippen molar-refractivity contribution < 1.29 is 23.4 Å². The molecule has 0 saturated carbocycles. The second kappa shape index (κ2) is 6.08. The highest BCUT2D eigenvalue weighted by atomic mass is 16.7. The lowest BCUT2D eigenvalue weighted by Gasteiger charge is -2.32. The van der Waals surface area contributed by atoms with E-state index < -0.39 is 30.0 Å². The molecule has 0 aliphatic carbocycles. The van der Waals surface area contributed by atoms with Crippen molar-refractivity contribution >= 4 is 18.7 Å². The SMILES string of the molecule is Cc1onc(CNC(=O)OC(C)(C)C)c1B1OC(C)(C)C(C)(C)O1. The lowest BCUT2D eigenvalue weighted by atomic mass is 9.77. The second-order valence-electron chi connectivity index (χ2n) is 8.04. The van der Waals surface area contributed by atoms with Crippen LogP contribution in [-0.4, -0.2) is 35.2 Å². The van der Waals surface area contributed by atoms with Gasteiger partial charge in [0, 0.05) is 0 Å². The number of hydrogen-bond donors (Lipinski definition) is 1. The summed E-state index contributed by atoms with van der Waals surface area (Å²) in [5.41, 5.74) is -0.200. The number of aromatic nitrogens is 1. The molecule has 1 aromatic rings. The van der Waals surface area contributed by atoms with E-state index in [0.717, 1.165) is 0 Å². The number of hydrogen-bond acceptors (Lipinski definition) is 6. The summed E-state index contributed by atoms with van der Waals surface area (Å²) >= 11 is 0. The van der Waals surface area contributed by atoms with Crippen molar-refractivity contribution in [3.63, 3.8) is 0 Å². The van der Waals surface area contributed by atoms with Crippen LogP contribution in [0.25, 0.3) is 0 Å². The fraction of sp³-hybridized carbons (Fsp3) is 0.750. The van der Waals surface area contributed by atoms with Gasteiger partial charge in [-0.25, -0.2) is 4.79 Å². The summed E-state index contributed by atoms with van der Waals surface area (Å²) in [6, 6.07) is 0. The van der Waals surface area contributed by atoms with Crippen LogP contribution in [0.5, 0.6) is 0 Å². The van der Waals surface area contributed by atoms with E-state index >= 15 is 0 Å². The molecule has 0 aromatic carbocycles. The number of amides is 1. The molecule has 0 spiro atoms. The molecular weight excluding hydrogens is 311 g/mol. The Hall–Kier alpha value is -1.54. The standard InChI is InChI=1S/C16H27BN2O5/c1-10-12(17-23-15(5,6)16(7,8)24-17)11(19-22-10)9-18-13(20)21-14(2,3)4/h9H2,1-8H3,(H,18,20). The topological polar surface area (TPSA) is 82.8 Å². The largest absolute Gasteiger partial charge is 0.500 e. The summed E-state index contributed by atoms with van der Waals surface area (Å²) in [5, 5.41) is 6.70. The van der Waals surface area contributed by atoms with E-state index in [1.165, 1.54) is 0 Å². The summed E-state index contributed by atoms with van der Waals surface area (Å²) in [4.78, 5) is 11.8. The lowest BCUT2D eigenvalue weighted by molar-refractivity contribution is 0.00578. The van der Waals surface area contributed by atoms with Gasteiger partial charge in [0.05, 0.1) is 23.2 Å². The first kappa shape index (κ1) is 18.8. The summed E-state index contributed by atoms with van der Waals surface area (Å²) in [6.07, 6.45) is -0.511. The molecule has 1 aromatic heterocycles. The zero-order valence-corrected chi connectivity index (χ0v) is 15.8. The molecule has 1 saturated heterocycles. The van der Waals surface area contributed by atoms with Crippen LogP contribution in [0.2, 0.25) is 0 Å². The van der Waals surface area contributed by atoms with Crippen LogP contribution in [0, 0.1) is 6.92 Å². The average molecular weight is 338 g/mol. The van der Waals surface area contributed by atoms with E-state index in [-0.39, 0.29) is 6.54 Å². The third kappa shape index (κ3) is 3.92.